The summed E-state index contributed by atoms with van der Waals surface area (Å²) in [7, 11) is 0. The predicted octanol–water partition coefficient (Wildman–Crippen LogP) is 15.3. The number of esters is 1. The van der Waals surface area contributed by atoms with Crippen molar-refractivity contribution in [3.8, 4) is 0 Å². The molecule has 2 atom stereocenters. The van der Waals surface area contributed by atoms with Gasteiger partial charge in [0.05, 0.1) is 25.4 Å². The standard InChI is InChI=1S/C52H101NO5/c1-3-5-7-9-11-13-14-15-23-26-30-34-38-42-46-52(57)58-47-43-39-35-31-27-24-21-19-17-16-18-20-22-25-29-33-37-41-45-51(56)53-49(48-54)50(55)44-40-36-32-28-12-10-8-6-4-2/h18,20,49-50,54-55H,3-17,19,21-48H2,1-2H3,(H,53,56)/b20-18-. The zero-order valence-corrected chi connectivity index (χ0v) is 39.0. The van der Waals surface area contributed by atoms with Crippen LogP contribution >= 0.6 is 0 Å². The molecule has 344 valence electrons. The van der Waals surface area contributed by atoms with Crippen LogP contribution in [0.2, 0.25) is 0 Å². The highest BCUT2D eigenvalue weighted by Crippen LogP contribution is 2.16. The third kappa shape index (κ3) is 44.2. The minimum Gasteiger partial charge on any atom is -0.466 e. The molecule has 0 aromatic carbocycles. The molecule has 0 saturated carbocycles. The number of unbranched alkanes of at least 4 members (excludes halogenated alkanes) is 35. The third-order valence-electron chi connectivity index (χ3n) is 12.1. The van der Waals surface area contributed by atoms with Crippen LogP contribution in [0.3, 0.4) is 0 Å². The van der Waals surface area contributed by atoms with Gasteiger partial charge in [-0.05, 0) is 51.4 Å². The zero-order chi connectivity index (χ0) is 42.3. The molecule has 0 heterocycles. The fourth-order valence-corrected chi connectivity index (χ4v) is 8.05. The van der Waals surface area contributed by atoms with E-state index >= 15 is 0 Å². The Hall–Kier alpha value is -1.40. The maximum Gasteiger partial charge on any atom is 0.305 e. The summed E-state index contributed by atoms with van der Waals surface area (Å²) in [6, 6.07) is -0.548. The Kier molecular flexibility index (Phi) is 47.1. The van der Waals surface area contributed by atoms with E-state index in [0.717, 1.165) is 57.8 Å². The highest BCUT2D eigenvalue weighted by atomic mass is 16.5. The predicted molar refractivity (Wildman–Crippen MR) is 250 cm³/mol. The molecule has 0 spiro atoms. The Morgan fingerprint density at radius 3 is 1.22 bits per heavy atom. The van der Waals surface area contributed by atoms with Crippen molar-refractivity contribution in [1.29, 1.82) is 0 Å². The molecule has 0 saturated heterocycles. The van der Waals surface area contributed by atoms with Crippen LogP contribution in [0.15, 0.2) is 12.2 Å². The second-order valence-electron chi connectivity index (χ2n) is 17.9. The summed E-state index contributed by atoms with van der Waals surface area (Å²) >= 11 is 0. The van der Waals surface area contributed by atoms with E-state index in [1.54, 1.807) is 0 Å². The van der Waals surface area contributed by atoms with Crippen molar-refractivity contribution in [2.45, 2.75) is 296 Å². The van der Waals surface area contributed by atoms with E-state index in [2.05, 4.69) is 31.3 Å². The molecule has 0 radical (unpaired) electrons. The van der Waals surface area contributed by atoms with Crippen LogP contribution in [0, 0.1) is 0 Å². The molecule has 6 heteroatoms. The lowest BCUT2D eigenvalue weighted by molar-refractivity contribution is -0.143. The number of hydrogen-bond acceptors (Lipinski definition) is 5. The molecule has 0 aromatic rings. The molecule has 0 aliphatic carbocycles. The summed E-state index contributed by atoms with van der Waals surface area (Å²) in [5.74, 6) is -0.0464. The molecule has 0 fully saturated rings. The molecular formula is C52H101NO5. The number of carbonyl (C=O) groups is 2. The lowest BCUT2D eigenvalue weighted by Gasteiger charge is -2.22. The van der Waals surface area contributed by atoms with Crippen LogP contribution in [-0.2, 0) is 14.3 Å². The van der Waals surface area contributed by atoms with Gasteiger partial charge in [0, 0.05) is 12.8 Å². The largest absolute Gasteiger partial charge is 0.466 e. The highest BCUT2D eigenvalue weighted by Gasteiger charge is 2.20. The van der Waals surface area contributed by atoms with Gasteiger partial charge in [0.1, 0.15) is 0 Å². The van der Waals surface area contributed by atoms with Gasteiger partial charge in [-0.25, -0.2) is 0 Å². The maximum absolute atomic E-state index is 12.4. The van der Waals surface area contributed by atoms with Crippen LogP contribution in [0.5, 0.6) is 0 Å². The number of allylic oxidation sites excluding steroid dienone is 2. The number of carbonyl (C=O) groups excluding carboxylic acids is 2. The van der Waals surface area contributed by atoms with Gasteiger partial charge < -0.3 is 20.3 Å². The molecule has 6 nitrogen and oxygen atoms in total. The molecule has 3 N–H and O–H groups in total. The average molecular weight is 820 g/mol. The summed E-state index contributed by atoms with van der Waals surface area (Å²) in [5, 5.41) is 23.0. The number of amides is 1. The van der Waals surface area contributed by atoms with Gasteiger partial charge in [-0.3, -0.25) is 9.59 Å². The van der Waals surface area contributed by atoms with E-state index in [0.29, 0.717) is 25.9 Å². The fraction of sp³-hybridized carbons (Fsp3) is 0.923. The third-order valence-corrected chi connectivity index (χ3v) is 12.1. The second-order valence-corrected chi connectivity index (χ2v) is 17.9. The van der Waals surface area contributed by atoms with Crippen molar-refractivity contribution in [3.05, 3.63) is 12.2 Å². The van der Waals surface area contributed by atoms with Crippen LogP contribution in [0.25, 0.3) is 0 Å². The minimum absolute atomic E-state index is 0.00504. The van der Waals surface area contributed by atoms with Crippen LogP contribution in [0.4, 0.5) is 0 Å². The molecular weight excluding hydrogens is 719 g/mol. The van der Waals surface area contributed by atoms with Crippen molar-refractivity contribution in [2.75, 3.05) is 13.2 Å². The highest BCUT2D eigenvalue weighted by molar-refractivity contribution is 5.76. The first-order valence-electron chi connectivity index (χ1n) is 25.9. The summed E-state index contributed by atoms with van der Waals surface area (Å²) in [6.07, 6.45) is 54.8. The van der Waals surface area contributed by atoms with Crippen molar-refractivity contribution >= 4 is 11.9 Å². The van der Waals surface area contributed by atoms with E-state index in [9.17, 15) is 19.8 Å². The number of rotatable bonds is 48. The molecule has 0 aromatic heterocycles. The summed E-state index contributed by atoms with van der Waals surface area (Å²) in [6.45, 7) is 4.92. The maximum atomic E-state index is 12.4. The topological polar surface area (TPSA) is 95.9 Å². The van der Waals surface area contributed by atoms with E-state index in [-0.39, 0.29) is 18.5 Å². The van der Waals surface area contributed by atoms with E-state index in [4.69, 9.17) is 4.74 Å². The monoisotopic (exact) mass is 820 g/mol. The van der Waals surface area contributed by atoms with E-state index in [1.807, 2.05) is 0 Å². The molecule has 0 bridgehead atoms. The van der Waals surface area contributed by atoms with Crippen molar-refractivity contribution in [2.24, 2.45) is 0 Å². The second kappa shape index (κ2) is 48.3. The van der Waals surface area contributed by atoms with Gasteiger partial charge in [0.15, 0.2) is 0 Å². The first kappa shape index (κ1) is 56.6. The SMILES string of the molecule is CCCCCCCCCCCCCCCCC(=O)OCCCCCCCCCCC/C=C\CCCCCCCC(=O)NC(CO)C(O)CCCCCCCCCCC. The Bertz CT molecular complexity index is 863. The van der Waals surface area contributed by atoms with Crippen LogP contribution < -0.4 is 5.32 Å². The van der Waals surface area contributed by atoms with E-state index in [1.165, 1.54) is 193 Å². The number of ether oxygens (including phenoxy) is 1. The molecule has 0 rings (SSSR count). The quantitative estimate of drug-likeness (QED) is 0.0323. The van der Waals surface area contributed by atoms with E-state index < -0.39 is 12.1 Å². The van der Waals surface area contributed by atoms with Gasteiger partial charge in [-0.1, -0.05) is 231 Å². The average Bonchev–Trinajstić information content (AvgIpc) is 3.22. The van der Waals surface area contributed by atoms with Gasteiger partial charge in [0.25, 0.3) is 0 Å². The van der Waals surface area contributed by atoms with Crippen molar-refractivity contribution < 1.29 is 24.5 Å². The first-order chi connectivity index (χ1) is 28.5. The van der Waals surface area contributed by atoms with Crippen LogP contribution in [0.1, 0.15) is 284 Å². The van der Waals surface area contributed by atoms with Gasteiger partial charge in [-0.15, -0.1) is 0 Å². The number of hydrogen-bond donors (Lipinski definition) is 3. The molecule has 0 aliphatic rings. The van der Waals surface area contributed by atoms with Crippen molar-refractivity contribution in [3.63, 3.8) is 0 Å². The van der Waals surface area contributed by atoms with Gasteiger partial charge >= 0.3 is 5.97 Å². The number of aliphatic hydroxyl groups is 2. The van der Waals surface area contributed by atoms with Gasteiger partial charge in [0.2, 0.25) is 5.91 Å². The number of nitrogens with one attached hydrogen (secondary N) is 1. The Balaban J connectivity index is 3.41. The minimum atomic E-state index is -0.669. The van der Waals surface area contributed by atoms with Gasteiger partial charge in [-0.2, -0.15) is 0 Å². The number of aliphatic hydroxyl groups excluding tert-OH is 2. The summed E-state index contributed by atoms with van der Waals surface area (Å²) in [4.78, 5) is 24.4. The molecule has 1 amide bonds. The smallest absolute Gasteiger partial charge is 0.305 e. The Morgan fingerprint density at radius 1 is 0.466 bits per heavy atom. The first-order valence-corrected chi connectivity index (χ1v) is 25.9. The molecule has 2 unspecified atom stereocenters. The summed E-state index contributed by atoms with van der Waals surface area (Å²) < 4.78 is 5.47. The lowest BCUT2D eigenvalue weighted by Crippen LogP contribution is -2.45. The van der Waals surface area contributed by atoms with Crippen molar-refractivity contribution in [1.82, 2.24) is 5.32 Å². The normalized spacial score (nSPS) is 12.7. The fourth-order valence-electron chi connectivity index (χ4n) is 8.05. The lowest BCUT2D eigenvalue weighted by atomic mass is 10.0. The molecule has 0 aliphatic heterocycles. The zero-order valence-electron chi connectivity index (χ0n) is 39.0. The molecule has 58 heavy (non-hydrogen) atoms. The Morgan fingerprint density at radius 2 is 0.810 bits per heavy atom. The van der Waals surface area contributed by atoms with Crippen LogP contribution in [-0.4, -0.2) is 47.4 Å². The Labute approximate surface area is 361 Å². The summed E-state index contributed by atoms with van der Waals surface area (Å²) in [5.41, 5.74) is 0.